The number of benzene rings is 1. The number of aromatic nitrogens is 1. The summed E-state index contributed by atoms with van der Waals surface area (Å²) in [5.41, 5.74) is 1.03. The molecule has 2 aromatic rings. The molecule has 0 radical (unpaired) electrons. The number of hydrogen-bond acceptors (Lipinski definition) is 4. The summed E-state index contributed by atoms with van der Waals surface area (Å²) in [7, 11) is 0. The second-order valence-corrected chi connectivity index (χ2v) is 5.68. The Morgan fingerprint density at radius 1 is 1.48 bits per heavy atom. The Morgan fingerprint density at radius 2 is 2.33 bits per heavy atom. The molecule has 21 heavy (non-hydrogen) atoms. The predicted octanol–water partition coefficient (Wildman–Crippen LogP) is 3.01. The van der Waals surface area contributed by atoms with Gasteiger partial charge in [-0.3, -0.25) is 0 Å². The van der Waals surface area contributed by atoms with E-state index < -0.39 is 5.97 Å². The van der Waals surface area contributed by atoms with Crippen LogP contribution >= 0.6 is 11.8 Å². The van der Waals surface area contributed by atoms with Gasteiger partial charge in [0.05, 0.1) is 5.56 Å². The SMILES string of the molecule is O=C(O)c1cccnc1SCC1Cc2cc(F)ccc2O1. The van der Waals surface area contributed by atoms with Crippen LogP contribution in [0, 0.1) is 5.82 Å². The summed E-state index contributed by atoms with van der Waals surface area (Å²) in [5.74, 6) is -0.0125. The van der Waals surface area contributed by atoms with Crippen molar-refractivity contribution in [2.75, 3.05) is 5.75 Å². The molecule has 1 unspecified atom stereocenters. The van der Waals surface area contributed by atoms with Gasteiger partial charge in [0.25, 0.3) is 0 Å². The van der Waals surface area contributed by atoms with Crippen molar-refractivity contribution in [2.45, 2.75) is 17.6 Å². The van der Waals surface area contributed by atoms with Gasteiger partial charge in [-0.1, -0.05) is 0 Å². The third-order valence-electron chi connectivity index (χ3n) is 3.17. The highest BCUT2D eigenvalue weighted by Gasteiger charge is 2.24. The van der Waals surface area contributed by atoms with Crippen LogP contribution in [-0.4, -0.2) is 27.9 Å². The molecular formula is C15H12FNO3S. The molecule has 0 amide bonds. The summed E-state index contributed by atoms with van der Waals surface area (Å²) in [4.78, 5) is 15.2. The van der Waals surface area contributed by atoms with Crippen LogP contribution in [0.3, 0.4) is 0 Å². The van der Waals surface area contributed by atoms with Crippen LogP contribution in [0.5, 0.6) is 5.75 Å². The van der Waals surface area contributed by atoms with Gasteiger partial charge in [-0.25, -0.2) is 14.2 Å². The Morgan fingerprint density at radius 3 is 3.14 bits per heavy atom. The van der Waals surface area contributed by atoms with Gasteiger partial charge in [-0.15, -0.1) is 11.8 Å². The maximum absolute atomic E-state index is 13.1. The highest BCUT2D eigenvalue weighted by atomic mass is 32.2. The van der Waals surface area contributed by atoms with Crippen molar-refractivity contribution >= 4 is 17.7 Å². The van der Waals surface area contributed by atoms with E-state index in [1.165, 1.54) is 30.0 Å². The lowest BCUT2D eigenvalue weighted by Gasteiger charge is -2.10. The zero-order chi connectivity index (χ0) is 14.8. The molecule has 1 atom stereocenters. The van der Waals surface area contributed by atoms with Gasteiger partial charge in [-0.2, -0.15) is 0 Å². The van der Waals surface area contributed by atoms with Gasteiger partial charge in [0.15, 0.2) is 0 Å². The standard InChI is InChI=1S/C15H12FNO3S/c16-10-3-4-13-9(6-10)7-11(20-13)8-21-14-12(15(18)19)2-1-5-17-14/h1-6,11H,7-8H2,(H,18,19). The topological polar surface area (TPSA) is 59.4 Å². The number of carboxylic acid groups (broad SMARTS) is 1. The van der Waals surface area contributed by atoms with Gasteiger partial charge < -0.3 is 9.84 Å². The van der Waals surface area contributed by atoms with E-state index in [2.05, 4.69) is 4.98 Å². The number of carbonyl (C=O) groups is 1. The Labute approximate surface area is 125 Å². The molecule has 3 rings (SSSR count). The molecule has 1 aliphatic heterocycles. The normalized spacial score (nSPS) is 16.3. The third-order valence-corrected chi connectivity index (χ3v) is 4.31. The fourth-order valence-electron chi connectivity index (χ4n) is 2.22. The number of aromatic carboxylic acids is 1. The number of rotatable bonds is 4. The average molecular weight is 305 g/mol. The first kappa shape index (κ1) is 13.9. The molecule has 4 nitrogen and oxygen atoms in total. The maximum Gasteiger partial charge on any atom is 0.338 e. The largest absolute Gasteiger partial charge is 0.489 e. The summed E-state index contributed by atoms with van der Waals surface area (Å²) in [5, 5.41) is 9.57. The fraction of sp³-hybridized carbons (Fsp3) is 0.200. The maximum atomic E-state index is 13.1. The van der Waals surface area contributed by atoms with Crippen LogP contribution < -0.4 is 4.74 Å². The highest BCUT2D eigenvalue weighted by molar-refractivity contribution is 7.99. The lowest BCUT2D eigenvalue weighted by Crippen LogP contribution is -2.16. The zero-order valence-electron chi connectivity index (χ0n) is 11.0. The van der Waals surface area contributed by atoms with Gasteiger partial charge in [0.2, 0.25) is 0 Å². The van der Waals surface area contributed by atoms with Crippen molar-refractivity contribution in [3.8, 4) is 5.75 Å². The summed E-state index contributed by atoms with van der Waals surface area (Å²) >= 11 is 1.34. The summed E-state index contributed by atoms with van der Waals surface area (Å²) in [6.45, 7) is 0. The lowest BCUT2D eigenvalue weighted by molar-refractivity contribution is 0.0692. The Kier molecular flexibility index (Phi) is 3.79. The van der Waals surface area contributed by atoms with Crippen LogP contribution in [0.25, 0.3) is 0 Å². The number of pyridine rings is 1. The van der Waals surface area contributed by atoms with Gasteiger partial charge >= 0.3 is 5.97 Å². The first-order valence-electron chi connectivity index (χ1n) is 6.39. The summed E-state index contributed by atoms with van der Waals surface area (Å²) in [6, 6.07) is 7.59. The molecule has 0 bridgehead atoms. The second-order valence-electron chi connectivity index (χ2n) is 4.67. The van der Waals surface area contributed by atoms with Crippen molar-refractivity contribution in [1.82, 2.24) is 4.98 Å². The monoisotopic (exact) mass is 305 g/mol. The molecule has 2 heterocycles. The summed E-state index contributed by atoms with van der Waals surface area (Å²) in [6.07, 6.45) is 2.08. The smallest absolute Gasteiger partial charge is 0.338 e. The van der Waals surface area contributed by atoms with E-state index in [-0.39, 0.29) is 17.5 Å². The Balaban J connectivity index is 1.67. The predicted molar refractivity (Wildman–Crippen MR) is 76.4 cm³/mol. The number of halogens is 1. The molecule has 6 heteroatoms. The van der Waals surface area contributed by atoms with Crippen molar-refractivity contribution in [2.24, 2.45) is 0 Å². The fourth-order valence-corrected chi connectivity index (χ4v) is 3.20. The van der Waals surface area contributed by atoms with Crippen LogP contribution in [0.4, 0.5) is 4.39 Å². The Bertz CT molecular complexity index is 692. The molecule has 1 aliphatic rings. The number of fused-ring (bicyclic) bond motifs is 1. The molecule has 108 valence electrons. The second kappa shape index (κ2) is 5.73. The van der Waals surface area contributed by atoms with Crippen molar-refractivity contribution in [1.29, 1.82) is 0 Å². The van der Waals surface area contributed by atoms with E-state index in [9.17, 15) is 9.18 Å². The van der Waals surface area contributed by atoms with Crippen molar-refractivity contribution in [3.05, 3.63) is 53.5 Å². The molecule has 0 aliphatic carbocycles. The van der Waals surface area contributed by atoms with Crippen LogP contribution in [0.2, 0.25) is 0 Å². The van der Waals surface area contributed by atoms with E-state index in [1.54, 1.807) is 18.3 Å². The molecule has 0 spiro atoms. The van der Waals surface area contributed by atoms with Gasteiger partial charge in [-0.05, 0) is 30.3 Å². The minimum Gasteiger partial charge on any atom is -0.489 e. The van der Waals surface area contributed by atoms with Gasteiger partial charge in [0.1, 0.15) is 22.7 Å². The summed E-state index contributed by atoms with van der Waals surface area (Å²) < 4.78 is 18.9. The molecular weight excluding hydrogens is 293 g/mol. The molecule has 1 aromatic carbocycles. The minimum absolute atomic E-state index is 0.101. The number of hydrogen-bond donors (Lipinski definition) is 1. The van der Waals surface area contributed by atoms with E-state index in [0.717, 1.165) is 5.56 Å². The molecule has 0 saturated carbocycles. The Hall–Kier alpha value is -2.08. The molecule has 0 saturated heterocycles. The highest BCUT2D eigenvalue weighted by Crippen LogP contribution is 2.32. The third kappa shape index (κ3) is 3.00. The van der Waals surface area contributed by atoms with E-state index in [4.69, 9.17) is 9.84 Å². The van der Waals surface area contributed by atoms with Crippen molar-refractivity contribution in [3.63, 3.8) is 0 Å². The molecule has 1 N–H and O–H groups in total. The zero-order valence-corrected chi connectivity index (χ0v) is 11.8. The number of ether oxygens (including phenoxy) is 1. The van der Waals surface area contributed by atoms with E-state index in [1.807, 2.05) is 0 Å². The average Bonchev–Trinajstić information content (AvgIpc) is 2.87. The molecule has 0 fully saturated rings. The van der Waals surface area contributed by atoms with Crippen LogP contribution in [0.1, 0.15) is 15.9 Å². The first-order valence-corrected chi connectivity index (χ1v) is 7.38. The van der Waals surface area contributed by atoms with Crippen LogP contribution in [-0.2, 0) is 6.42 Å². The lowest BCUT2D eigenvalue weighted by atomic mass is 10.1. The van der Waals surface area contributed by atoms with E-state index >= 15 is 0 Å². The molecule has 1 aromatic heterocycles. The van der Waals surface area contributed by atoms with Gasteiger partial charge in [0, 0.05) is 23.9 Å². The number of carboxylic acids is 1. The number of nitrogens with zero attached hydrogens (tertiary/aromatic N) is 1. The minimum atomic E-state index is -0.997. The van der Waals surface area contributed by atoms with Crippen molar-refractivity contribution < 1.29 is 19.0 Å². The first-order chi connectivity index (χ1) is 10.1. The number of thioether (sulfide) groups is 1. The quantitative estimate of drug-likeness (QED) is 0.880. The van der Waals surface area contributed by atoms with Crippen LogP contribution in [0.15, 0.2) is 41.6 Å². The van der Waals surface area contributed by atoms with E-state index in [0.29, 0.717) is 22.9 Å².